The number of carboxylic acid groups (broad SMARTS) is 2. The molecule has 45 nitrogen and oxygen atoms in total. The summed E-state index contributed by atoms with van der Waals surface area (Å²) >= 11 is 6.32. The number of nitrogens with one attached hydrogen (secondary N) is 11. The fourth-order valence-corrected chi connectivity index (χ4v) is 11.5. The molecule has 4 saturated heterocycles. The number of imide groups is 4. The first-order valence-corrected chi connectivity index (χ1v) is 38.5. The zero-order valence-corrected chi connectivity index (χ0v) is 69.1. The molecular formula is C76H111N22O23S2+. The van der Waals surface area contributed by atoms with Gasteiger partial charge < -0.3 is 124 Å². The highest BCUT2D eigenvalue weighted by atomic mass is 32.2. The number of methoxy groups -OCH3 is 6. The van der Waals surface area contributed by atoms with E-state index < -0.39 is 133 Å². The van der Waals surface area contributed by atoms with E-state index in [1.807, 2.05) is 41.8 Å². The number of hydrogen-bond acceptors (Lipinski definition) is 31. The predicted octanol–water partition coefficient (Wildman–Crippen LogP) is 3.01. The molecule has 6 aromatic rings. The summed E-state index contributed by atoms with van der Waals surface area (Å²) in [5, 5.41) is 59.5. The molecule has 47 heteroatoms. The summed E-state index contributed by atoms with van der Waals surface area (Å²) in [5.41, 5.74) is 27.5. The quantitative estimate of drug-likeness (QED) is 0.00511. The highest BCUT2D eigenvalue weighted by molar-refractivity contribution is 8.03. The monoisotopic (exact) mass is 1760 g/mol. The number of nitrogens with zero attached hydrogens (tertiary/aromatic N) is 7. The van der Waals surface area contributed by atoms with Crippen LogP contribution in [-0.4, -0.2) is 275 Å². The molecule has 4 fully saturated rings. The number of amides is 13. The molecule has 0 bridgehead atoms. The number of thiocyanates is 1. The lowest BCUT2D eigenvalue weighted by atomic mass is 10.1. The Balaban J connectivity index is 0.000000528. The molecule has 23 N–H and O–H groups in total. The largest absolute Gasteiger partial charge is 0.564 e. The molecule has 0 unspecified atom stereocenters. The van der Waals surface area contributed by atoms with E-state index in [1.165, 1.54) is 21.1 Å². The lowest BCUT2D eigenvalue weighted by molar-refractivity contribution is -0.144. The highest BCUT2D eigenvalue weighted by Crippen LogP contribution is 2.26. The van der Waals surface area contributed by atoms with Gasteiger partial charge in [-0.1, -0.05) is 21.8 Å². The number of H-pyrrole nitrogens is 2. The van der Waals surface area contributed by atoms with Crippen molar-refractivity contribution in [2.45, 2.75) is 104 Å². The van der Waals surface area contributed by atoms with Crippen LogP contribution in [0.2, 0.25) is 0 Å². The van der Waals surface area contributed by atoms with Crippen LogP contribution in [0, 0.1) is 22.5 Å². The Labute approximate surface area is 718 Å². The number of urea groups is 4. The number of ether oxygens (including phenoxy) is 6. The Kier molecular flexibility index (Phi) is 43.8. The molecule has 0 saturated carbocycles. The Hall–Kier alpha value is -13.9. The summed E-state index contributed by atoms with van der Waals surface area (Å²) < 4.78 is 29.2. The molecule has 6 heterocycles. The van der Waals surface area contributed by atoms with Gasteiger partial charge in [-0.25, -0.2) is 29.1 Å². The van der Waals surface area contributed by atoms with Crippen LogP contribution < -0.4 is 89.7 Å². The van der Waals surface area contributed by atoms with Crippen LogP contribution in [0.4, 0.5) is 53.8 Å². The number of aliphatic carboxylic acids is 2. The van der Waals surface area contributed by atoms with E-state index in [4.69, 9.17) is 74.7 Å². The number of anilines is 6. The summed E-state index contributed by atoms with van der Waals surface area (Å²) in [5.74, 6) is -3.03. The number of thioether (sulfide) groups is 1. The predicted molar refractivity (Wildman–Crippen MR) is 461 cm³/mol. The van der Waals surface area contributed by atoms with Crippen LogP contribution in [0.1, 0.15) is 81.5 Å². The van der Waals surface area contributed by atoms with Crippen LogP contribution in [-0.2, 0) is 57.4 Å². The van der Waals surface area contributed by atoms with Gasteiger partial charge in [-0.15, -0.1) is 0 Å². The van der Waals surface area contributed by atoms with Gasteiger partial charge in [0, 0.05) is 69.0 Å². The third-order valence-electron chi connectivity index (χ3n) is 17.7. The topological polar surface area (TPSA) is 664 Å². The van der Waals surface area contributed by atoms with Crippen LogP contribution in [0.25, 0.3) is 22.1 Å². The minimum Gasteiger partial charge on any atom is -0.564 e. The number of aromatic nitrogens is 4. The average molecular weight is 1770 g/mol. The van der Waals surface area contributed by atoms with Gasteiger partial charge in [0.15, 0.2) is 5.11 Å². The smallest absolute Gasteiger partial charge is 0.520 e. The molecule has 10 rings (SSSR count). The van der Waals surface area contributed by atoms with Crippen molar-refractivity contribution >= 4 is 169 Å². The van der Waals surface area contributed by atoms with Crippen molar-refractivity contribution in [2.24, 2.45) is 17.6 Å². The zero-order chi connectivity index (χ0) is 89.6. The number of thiocarbonyl (C=S) groups is 1. The minimum absolute atomic E-state index is 0. The average Bonchev–Trinajstić information content (AvgIpc) is 1.69. The molecule has 2 aromatic heterocycles. The fraction of sp³-hybridized carbons (Fsp3) is 0.447. The van der Waals surface area contributed by atoms with Crippen molar-refractivity contribution in [1.29, 1.82) is 5.26 Å². The second-order valence-electron chi connectivity index (χ2n) is 26.4. The number of nitriles is 1. The Morgan fingerprint density at radius 2 is 0.943 bits per heavy atom. The van der Waals surface area contributed by atoms with Gasteiger partial charge in [0.05, 0.1) is 93.4 Å². The minimum atomic E-state index is -1.22. The number of rotatable bonds is 36. The molecular weight excluding hydrogens is 1650 g/mol. The number of hydrogen-bond donors (Lipinski definition) is 17. The number of imidazole rings is 2. The maximum absolute atomic E-state index is 12.5. The van der Waals surface area contributed by atoms with Crippen molar-refractivity contribution in [3.8, 4) is 28.4 Å². The van der Waals surface area contributed by atoms with Gasteiger partial charge >= 0.3 is 54.0 Å². The first kappa shape index (κ1) is 103. The molecule has 674 valence electrons. The van der Waals surface area contributed by atoms with Crippen molar-refractivity contribution in [3.05, 3.63) is 72.8 Å². The standard InChI is InChI=1S/C20H26N6O6.C17H23N5O5S.C16H19N5O5.C10H13N3O4S.C7H10N2O.C4H9NO2.2CH4.H2/c1-11(18(29)30)9-22-16(27)10-26-17(28)14(25-20(26)31)4-3-7-21-19-23-13-6-5-12(32-2)8-15(13)24-19;1-26-10-5-6-12(11(18)8-10)20-16(28)19-7-3-4-13-15(24)22(17(25)21-13)9-14(23)27-2;1-26-9-4-5-10-12(7-9)19-15(18-10)17-6-2-3-11-14(24)21(8-13(22)23)16(25)20-11;1-17-8(14)5-13-9(15)7(12-10(13)16)3-2-4-18-6-11;1-10-5-2-3-6(8)7(9)4-5;1-3(2-5)4(6)7;;;/h5-6,8,11,14H,3-4,7,9-10H2,1-2H3,(H,22,27)(H,25,31)(H,29,30)(H2,21,23,24);5-6,8,13H,3-4,7,9,18H2,1-2H3,(H,21,25)(H2,19,20,28);4-5,7,11H,2-3,6,8H2,1H3,(H,20,25)(H,22,23)(H2,17,18,19);7H,2-5H2,1H3,(H,12,16);2-4H,8-9H2,1H3;3H,2,5H2,1H3,(H,6,7);2*1H4;1H/p+1/t11-,14-;13-;11-;7-;;3-;;;/m0000.0.../s1/i;;;;;;;;1+1. The number of aromatic amines is 2. The second-order valence-corrected chi connectivity index (χ2v) is 27.7. The number of fused-ring (bicyclic) bond motifs is 2. The lowest BCUT2D eigenvalue weighted by Gasteiger charge is -2.14. The second kappa shape index (κ2) is 52.2. The van der Waals surface area contributed by atoms with Gasteiger partial charge in [-0.05, 0) is 131 Å². The van der Waals surface area contributed by atoms with E-state index in [2.05, 4.69) is 77.3 Å². The van der Waals surface area contributed by atoms with Crippen LogP contribution in [0.5, 0.6) is 23.0 Å². The number of carboxylic acids is 2. The van der Waals surface area contributed by atoms with Crippen LogP contribution in [0.3, 0.4) is 0 Å². The van der Waals surface area contributed by atoms with Crippen LogP contribution >= 0.6 is 24.0 Å². The first-order valence-electron chi connectivity index (χ1n) is 37.1. The Bertz CT molecular complexity index is 4710. The zero-order valence-electron chi connectivity index (χ0n) is 67.4. The number of nitrogens with two attached hydrogens (primary N) is 4. The number of nitrogen functional groups attached to an aromatic ring is 3. The Morgan fingerprint density at radius 1 is 0.553 bits per heavy atom. The van der Waals surface area contributed by atoms with Gasteiger partial charge in [0.25, 0.3) is 23.6 Å². The van der Waals surface area contributed by atoms with Gasteiger partial charge in [0.2, 0.25) is 17.8 Å². The third kappa shape index (κ3) is 33.0. The molecule has 123 heavy (non-hydrogen) atoms. The number of carbonyl (C=O) groups excluding carboxylic acids is 12. The van der Waals surface area contributed by atoms with Crippen molar-refractivity contribution in [2.75, 3.05) is 140 Å². The third-order valence-corrected chi connectivity index (χ3v) is 18.6. The molecule has 0 aliphatic carbocycles. The molecule has 4 aliphatic rings. The summed E-state index contributed by atoms with van der Waals surface area (Å²) in [6.07, 6.45) is 4.04. The van der Waals surface area contributed by atoms with Gasteiger partial charge in [-0.2, -0.15) is 5.26 Å². The molecule has 4 aromatic carbocycles. The lowest BCUT2D eigenvalue weighted by Crippen LogP contribution is -2.42. The molecule has 6 atom stereocenters. The molecule has 0 radical (unpaired) electrons. The van der Waals surface area contributed by atoms with E-state index >= 15 is 0 Å². The van der Waals surface area contributed by atoms with E-state index in [0.717, 1.165) is 65.8 Å². The van der Waals surface area contributed by atoms with Gasteiger partial charge in [-0.3, -0.25) is 62.8 Å². The summed E-state index contributed by atoms with van der Waals surface area (Å²) in [6, 6.07) is 16.2. The van der Waals surface area contributed by atoms with Gasteiger partial charge in [0.1, 0.15) is 84.7 Å². The number of carbonyl (C=O) groups is 14. The number of benzene rings is 4. The fourth-order valence-electron chi connectivity index (χ4n) is 10.8. The summed E-state index contributed by atoms with van der Waals surface area (Å²) in [7, 11) is 8.72. The Morgan fingerprint density at radius 3 is 1.32 bits per heavy atom. The first-order chi connectivity index (χ1) is 57.6. The molecule has 4 aliphatic heterocycles. The summed E-state index contributed by atoms with van der Waals surface area (Å²) in [6.45, 7) is 2.98. The maximum Gasteiger partial charge on any atom is 0.520 e. The number of esters is 2. The van der Waals surface area contributed by atoms with E-state index in [0.29, 0.717) is 127 Å². The van der Waals surface area contributed by atoms with Crippen LogP contribution in [0.15, 0.2) is 72.8 Å². The van der Waals surface area contributed by atoms with Crippen molar-refractivity contribution in [3.63, 3.8) is 0 Å². The normalized spacial score (nSPS) is 15.7. The van der Waals surface area contributed by atoms with E-state index in [-0.39, 0.29) is 41.8 Å². The van der Waals surface area contributed by atoms with E-state index in [1.54, 1.807) is 71.8 Å². The van der Waals surface area contributed by atoms with Crippen molar-refractivity contribution < 1.29 is 112 Å². The molecule has 0 spiro atoms. The maximum atomic E-state index is 12.5. The highest BCUT2D eigenvalue weighted by Gasteiger charge is 2.42. The summed E-state index contributed by atoms with van der Waals surface area (Å²) in [4.78, 5) is 179. The molecule has 13 amide bonds. The SMILES string of the molecule is C.C.COC(=O)CN1C(=O)N[C@@H](CCCNC(=S)Nc2ccc(OC)cc2N)C1=O.COC(=O)CN1C(=O)N[C@@H](CCCSC#N)C1=O.COc1ccc(N)c(N)c1.COc1ccc2nc(NCCC[C@@H]3NC(=O)N(CC(=O)NC[C@H](C)C(=O)O)C3=O)[nH]c2c1.COc1ccc2nc(NCCC[C@@H]3NC(=O)N(CC(=O)O)C3=O)[nH]c2c1.C[C@@H](CN)C(=O)[OH2+].[2HH]. The van der Waals surface area contributed by atoms with Crippen molar-refractivity contribution in [1.82, 2.24) is 71.4 Å². The van der Waals surface area contributed by atoms with E-state index in [9.17, 15) is 67.1 Å².